The van der Waals surface area contributed by atoms with Crippen molar-refractivity contribution >= 4 is 11.3 Å². The predicted molar refractivity (Wildman–Crippen MR) is 97.1 cm³/mol. The number of aromatic nitrogens is 2. The molecule has 1 unspecified atom stereocenters. The van der Waals surface area contributed by atoms with Crippen molar-refractivity contribution in [2.45, 2.75) is 18.5 Å². The Balaban J connectivity index is 0.000000890. The summed E-state index contributed by atoms with van der Waals surface area (Å²) in [6, 6.07) is 7.68. The summed E-state index contributed by atoms with van der Waals surface area (Å²) < 4.78 is 137. The zero-order chi connectivity index (χ0) is 25.2. The van der Waals surface area contributed by atoms with E-state index in [9.17, 15) is 39.5 Å². The van der Waals surface area contributed by atoms with Crippen molar-refractivity contribution in [3.63, 3.8) is 0 Å². The zero-order valence-corrected chi connectivity index (χ0v) is 16.6. The van der Waals surface area contributed by atoms with Crippen molar-refractivity contribution in [3.8, 4) is 16.9 Å². The minimum atomic E-state index is -5.11. The van der Waals surface area contributed by atoms with E-state index in [1.807, 2.05) is 0 Å². The highest BCUT2D eigenvalue weighted by Crippen LogP contribution is 2.42. The van der Waals surface area contributed by atoms with Crippen molar-refractivity contribution in [2.75, 3.05) is 0 Å². The standard InChI is InChI=1S/C18H9F9N2.H3NO2S/c19-16(20,21)10-6-7-13(17(22,23)24)12(8-10)14-9-15(18(25,26)27)28-29(14)11-4-2-1-3-5-11;1-4(2)3/h1-9H;1H2,(H,2,3)/p-1. The molecule has 180 valence electrons. The van der Waals surface area contributed by atoms with Gasteiger partial charge in [0.25, 0.3) is 0 Å². The third kappa shape index (κ3) is 6.79. The third-order valence-corrected chi connectivity index (χ3v) is 3.93. The summed E-state index contributed by atoms with van der Waals surface area (Å²) in [6.07, 6.45) is -15.1. The van der Waals surface area contributed by atoms with Gasteiger partial charge in [-0.05, 0) is 36.4 Å². The molecule has 0 bridgehead atoms. The fraction of sp³-hybridized carbons (Fsp3) is 0.167. The smallest absolute Gasteiger partial charge is 0.435 e. The van der Waals surface area contributed by atoms with Gasteiger partial charge in [-0.15, -0.1) is 0 Å². The molecule has 0 amide bonds. The van der Waals surface area contributed by atoms with Crippen LogP contribution in [0.4, 0.5) is 39.5 Å². The minimum absolute atomic E-state index is 0.0523. The van der Waals surface area contributed by atoms with Gasteiger partial charge in [0.1, 0.15) is 0 Å². The summed E-state index contributed by atoms with van der Waals surface area (Å²) >= 11 is -2.36. The Morgan fingerprint density at radius 1 is 0.818 bits per heavy atom. The molecule has 0 aliphatic rings. The topological polar surface area (TPSA) is 84.0 Å². The molecule has 0 aliphatic carbocycles. The van der Waals surface area contributed by atoms with Gasteiger partial charge in [-0.3, -0.25) is 9.35 Å². The number of alkyl halides is 9. The fourth-order valence-corrected chi connectivity index (χ4v) is 2.66. The van der Waals surface area contributed by atoms with E-state index >= 15 is 0 Å². The summed E-state index contributed by atoms with van der Waals surface area (Å²) in [4.78, 5) is 0. The molecule has 0 saturated carbocycles. The number of rotatable bonds is 2. The Morgan fingerprint density at radius 3 is 1.82 bits per heavy atom. The molecule has 0 fully saturated rings. The number of halogens is 9. The van der Waals surface area contributed by atoms with Gasteiger partial charge >= 0.3 is 18.5 Å². The van der Waals surface area contributed by atoms with Crippen LogP contribution in [0.5, 0.6) is 0 Å². The average molecular weight is 504 g/mol. The lowest BCUT2D eigenvalue weighted by atomic mass is 10.00. The summed E-state index contributed by atoms with van der Waals surface area (Å²) in [5.74, 6) is 0. The molecule has 0 aliphatic heterocycles. The molecule has 2 aromatic carbocycles. The molecular formula is C18H11F9N3O2S-. The average Bonchev–Trinajstić information content (AvgIpc) is 3.12. The molecule has 1 heterocycles. The number of para-hydroxylation sites is 1. The fourth-order valence-electron chi connectivity index (χ4n) is 2.66. The van der Waals surface area contributed by atoms with Gasteiger partial charge in [-0.25, -0.2) is 4.68 Å². The number of benzene rings is 2. The van der Waals surface area contributed by atoms with Gasteiger partial charge in [0, 0.05) is 16.8 Å². The van der Waals surface area contributed by atoms with Crippen LogP contribution in [-0.2, 0) is 29.8 Å². The predicted octanol–water partition coefficient (Wildman–Crippen LogP) is 5.33. The highest BCUT2D eigenvalue weighted by Gasteiger charge is 2.40. The van der Waals surface area contributed by atoms with E-state index in [-0.39, 0.29) is 30.0 Å². The molecule has 0 saturated heterocycles. The van der Waals surface area contributed by atoms with E-state index in [4.69, 9.17) is 8.76 Å². The van der Waals surface area contributed by atoms with Gasteiger partial charge in [0.2, 0.25) is 0 Å². The molecule has 33 heavy (non-hydrogen) atoms. The van der Waals surface area contributed by atoms with E-state index in [0.29, 0.717) is 4.68 Å². The second-order valence-corrected chi connectivity index (χ2v) is 6.70. The molecule has 2 N–H and O–H groups in total. The van der Waals surface area contributed by atoms with Crippen LogP contribution in [0, 0.1) is 0 Å². The Morgan fingerprint density at radius 2 is 1.36 bits per heavy atom. The highest BCUT2D eigenvalue weighted by atomic mass is 32.2. The van der Waals surface area contributed by atoms with E-state index in [2.05, 4.69) is 10.2 Å². The molecule has 1 atom stereocenters. The van der Waals surface area contributed by atoms with Crippen molar-refractivity contribution in [1.29, 1.82) is 0 Å². The van der Waals surface area contributed by atoms with Crippen LogP contribution in [-0.4, -0.2) is 18.5 Å². The highest BCUT2D eigenvalue weighted by molar-refractivity contribution is 7.76. The second-order valence-electron chi connectivity index (χ2n) is 6.18. The monoisotopic (exact) mass is 504 g/mol. The Labute approximate surface area is 182 Å². The van der Waals surface area contributed by atoms with Crippen molar-refractivity contribution in [2.24, 2.45) is 5.14 Å². The maximum Gasteiger partial charge on any atom is 0.435 e. The van der Waals surface area contributed by atoms with Gasteiger partial charge < -0.3 is 4.55 Å². The SMILES string of the molecule is FC(F)(F)c1ccc(C(F)(F)F)c(-c2cc(C(F)(F)F)nn2-c2ccccc2)c1.NS(=O)[O-]. The van der Waals surface area contributed by atoms with Crippen molar-refractivity contribution in [1.82, 2.24) is 9.78 Å². The number of hydrogen-bond acceptors (Lipinski definition) is 3. The summed E-state index contributed by atoms with van der Waals surface area (Å²) in [6.45, 7) is 0. The normalized spacial score (nSPS) is 13.3. The zero-order valence-electron chi connectivity index (χ0n) is 15.8. The van der Waals surface area contributed by atoms with Crippen LogP contribution >= 0.6 is 0 Å². The first-order chi connectivity index (χ1) is 15.0. The first-order valence-corrected chi connectivity index (χ1v) is 9.50. The minimum Gasteiger partial charge on any atom is -0.760 e. The summed E-state index contributed by atoms with van der Waals surface area (Å²) in [5, 5.41) is 7.31. The molecule has 5 nitrogen and oxygen atoms in total. The number of nitrogens with two attached hydrogens (primary N) is 1. The molecule has 15 heteroatoms. The molecule has 0 spiro atoms. The van der Waals surface area contributed by atoms with Crippen LogP contribution in [0.2, 0.25) is 0 Å². The van der Waals surface area contributed by atoms with Crippen LogP contribution in [0.25, 0.3) is 16.9 Å². The molecule has 0 radical (unpaired) electrons. The first kappa shape index (κ1) is 26.3. The second kappa shape index (κ2) is 9.52. The lowest BCUT2D eigenvalue weighted by molar-refractivity contribution is -0.141. The number of nitrogens with zero attached hydrogens (tertiary/aromatic N) is 2. The molecule has 1 aromatic heterocycles. The maximum atomic E-state index is 13.4. The van der Waals surface area contributed by atoms with Crippen molar-refractivity contribution in [3.05, 3.63) is 71.4 Å². The molecule has 3 aromatic rings. The van der Waals surface area contributed by atoms with E-state index in [0.717, 1.165) is 0 Å². The van der Waals surface area contributed by atoms with Gasteiger partial charge in [-0.1, -0.05) is 18.2 Å². The summed E-state index contributed by atoms with van der Waals surface area (Å²) in [7, 11) is 0. The lowest BCUT2D eigenvalue weighted by Gasteiger charge is -2.17. The van der Waals surface area contributed by atoms with E-state index in [1.165, 1.54) is 30.3 Å². The molecular weight excluding hydrogens is 493 g/mol. The van der Waals surface area contributed by atoms with Crippen LogP contribution < -0.4 is 5.14 Å². The Kier molecular flexibility index (Phi) is 7.60. The van der Waals surface area contributed by atoms with E-state index in [1.54, 1.807) is 0 Å². The van der Waals surface area contributed by atoms with Crippen molar-refractivity contribution < 1.29 is 48.3 Å². The number of hydrogen-bond donors (Lipinski definition) is 1. The van der Waals surface area contributed by atoms with Gasteiger partial charge in [0.05, 0.1) is 22.5 Å². The molecule has 3 rings (SSSR count). The van der Waals surface area contributed by atoms with Crippen LogP contribution in [0.15, 0.2) is 54.6 Å². The first-order valence-electron chi connectivity index (χ1n) is 8.37. The van der Waals surface area contributed by atoms with Gasteiger partial charge in [0.15, 0.2) is 5.69 Å². The lowest BCUT2D eigenvalue weighted by Crippen LogP contribution is -2.12. The largest absolute Gasteiger partial charge is 0.760 e. The van der Waals surface area contributed by atoms with Gasteiger partial charge in [-0.2, -0.15) is 44.6 Å². The third-order valence-electron chi connectivity index (χ3n) is 3.93. The Hall–Kier alpha value is -2.91. The summed E-state index contributed by atoms with van der Waals surface area (Å²) in [5.41, 5.74) is -6.39. The maximum absolute atomic E-state index is 13.4. The van der Waals surface area contributed by atoms with Crippen LogP contribution in [0.1, 0.15) is 16.8 Å². The quantitative estimate of drug-likeness (QED) is 0.378. The Bertz CT molecular complexity index is 1120. The van der Waals surface area contributed by atoms with Crippen LogP contribution in [0.3, 0.4) is 0 Å². The van der Waals surface area contributed by atoms with E-state index < -0.39 is 57.9 Å².